The molecule has 2 aromatic carbocycles. The molecular formula is C29H27N3O3S. The zero-order valence-electron chi connectivity index (χ0n) is 20.0. The Morgan fingerprint density at radius 1 is 1.00 bits per heavy atom. The number of amides is 1. The molecular weight excluding hydrogens is 470 g/mol. The van der Waals surface area contributed by atoms with Gasteiger partial charge in [-0.05, 0) is 85.7 Å². The van der Waals surface area contributed by atoms with Crippen molar-refractivity contribution in [2.75, 3.05) is 17.4 Å². The molecule has 182 valence electrons. The van der Waals surface area contributed by atoms with Crippen molar-refractivity contribution in [2.24, 2.45) is 0 Å². The second kappa shape index (κ2) is 9.66. The average Bonchev–Trinajstić information content (AvgIpc) is 3.52. The van der Waals surface area contributed by atoms with Crippen LogP contribution in [0.4, 0.5) is 10.8 Å². The van der Waals surface area contributed by atoms with Gasteiger partial charge in [0.2, 0.25) is 6.79 Å². The SMILES string of the molecule is Cc1ccnc(N[C@@H](c2ccc3c(c2)OCO3)c2c(NC(=O)c3ccccc3)sc3c2CCCC3)c1. The largest absolute Gasteiger partial charge is 0.454 e. The van der Waals surface area contributed by atoms with Crippen LogP contribution in [0.2, 0.25) is 0 Å². The highest BCUT2D eigenvalue weighted by atomic mass is 32.1. The standard InChI is InChI=1S/C29H27N3O3S/c1-18-13-14-30-25(15-18)31-27(20-11-12-22-23(16-20)35-17-34-22)26-21-9-5-6-10-24(21)36-29(26)32-28(33)19-7-3-2-4-8-19/h2-4,7-8,11-16,27H,5-6,9-10,17H2,1H3,(H,30,31)(H,32,33)/t27-/m0/s1. The number of hydrogen-bond donors (Lipinski definition) is 2. The first-order valence-corrected chi connectivity index (χ1v) is 13.1. The topological polar surface area (TPSA) is 72.5 Å². The fraction of sp³-hybridized carbons (Fsp3) is 0.241. The van der Waals surface area contributed by atoms with Crippen LogP contribution in [0.3, 0.4) is 0 Å². The van der Waals surface area contributed by atoms with E-state index < -0.39 is 0 Å². The predicted octanol–water partition coefficient (Wildman–Crippen LogP) is 6.51. The first-order valence-electron chi connectivity index (χ1n) is 12.3. The number of rotatable bonds is 6. The molecule has 6 nitrogen and oxygen atoms in total. The Bertz CT molecular complexity index is 1420. The zero-order valence-corrected chi connectivity index (χ0v) is 20.9. The number of anilines is 2. The van der Waals surface area contributed by atoms with Crippen LogP contribution in [0, 0.1) is 6.92 Å². The molecule has 1 amide bonds. The fourth-order valence-corrected chi connectivity index (χ4v) is 6.25. The van der Waals surface area contributed by atoms with E-state index in [1.807, 2.05) is 60.8 Å². The fourth-order valence-electron chi connectivity index (χ4n) is 4.93. The lowest BCUT2D eigenvalue weighted by Gasteiger charge is -2.24. The summed E-state index contributed by atoms with van der Waals surface area (Å²) in [6.07, 6.45) is 6.15. The lowest BCUT2D eigenvalue weighted by Crippen LogP contribution is -2.19. The van der Waals surface area contributed by atoms with E-state index in [-0.39, 0.29) is 18.7 Å². The van der Waals surface area contributed by atoms with E-state index >= 15 is 0 Å². The summed E-state index contributed by atoms with van der Waals surface area (Å²) < 4.78 is 11.3. The number of aryl methyl sites for hydroxylation is 2. The highest BCUT2D eigenvalue weighted by molar-refractivity contribution is 7.16. The molecule has 4 aromatic rings. The molecule has 0 saturated carbocycles. The van der Waals surface area contributed by atoms with Gasteiger partial charge in [-0.3, -0.25) is 4.79 Å². The van der Waals surface area contributed by atoms with E-state index in [9.17, 15) is 4.79 Å². The molecule has 7 heteroatoms. The Labute approximate surface area is 214 Å². The summed E-state index contributed by atoms with van der Waals surface area (Å²) in [5.41, 5.74) is 5.24. The Kier molecular flexibility index (Phi) is 6.07. The van der Waals surface area contributed by atoms with E-state index in [0.717, 1.165) is 58.3 Å². The second-order valence-electron chi connectivity index (χ2n) is 9.18. The molecule has 1 aliphatic heterocycles. The van der Waals surface area contributed by atoms with Crippen molar-refractivity contribution < 1.29 is 14.3 Å². The zero-order chi connectivity index (χ0) is 24.5. The third-order valence-corrected chi connectivity index (χ3v) is 7.92. The van der Waals surface area contributed by atoms with Gasteiger partial charge in [-0.25, -0.2) is 4.98 Å². The van der Waals surface area contributed by atoms with Gasteiger partial charge in [0.05, 0.1) is 6.04 Å². The maximum atomic E-state index is 13.2. The number of pyridine rings is 1. The van der Waals surface area contributed by atoms with Crippen LogP contribution in [-0.2, 0) is 12.8 Å². The highest BCUT2D eigenvalue weighted by Crippen LogP contribution is 2.46. The number of hydrogen-bond acceptors (Lipinski definition) is 6. The molecule has 0 bridgehead atoms. The molecule has 6 rings (SSSR count). The van der Waals surface area contributed by atoms with Crippen LogP contribution >= 0.6 is 11.3 Å². The highest BCUT2D eigenvalue weighted by Gasteiger charge is 2.30. The van der Waals surface area contributed by atoms with Crippen LogP contribution in [-0.4, -0.2) is 17.7 Å². The van der Waals surface area contributed by atoms with E-state index in [1.54, 1.807) is 11.3 Å². The molecule has 1 aliphatic carbocycles. The van der Waals surface area contributed by atoms with E-state index in [2.05, 4.69) is 28.6 Å². The van der Waals surface area contributed by atoms with Crippen LogP contribution in [0.1, 0.15) is 56.4 Å². The summed E-state index contributed by atoms with van der Waals surface area (Å²) in [4.78, 5) is 19.2. The third kappa shape index (κ3) is 4.42. The molecule has 2 aliphatic rings. The summed E-state index contributed by atoms with van der Waals surface area (Å²) in [6, 6.07) is 19.2. The number of fused-ring (bicyclic) bond motifs is 2. The minimum atomic E-state index is -0.224. The third-order valence-electron chi connectivity index (χ3n) is 6.70. The summed E-state index contributed by atoms with van der Waals surface area (Å²) >= 11 is 1.70. The molecule has 0 radical (unpaired) electrons. The summed E-state index contributed by atoms with van der Waals surface area (Å²) in [5, 5.41) is 7.82. The van der Waals surface area contributed by atoms with Crippen LogP contribution in [0.15, 0.2) is 66.9 Å². The number of thiophene rings is 1. The molecule has 0 unspecified atom stereocenters. The van der Waals surface area contributed by atoms with Crippen molar-refractivity contribution in [3.05, 3.63) is 99.6 Å². The van der Waals surface area contributed by atoms with E-state index in [1.165, 1.54) is 16.9 Å². The van der Waals surface area contributed by atoms with Crippen molar-refractivity contribution in [3.8, 4) is 11.5 Å². The smallest absolute Gasteiger partial charge is 0.256 e. The number of ether oxygens (including phenoxy) is 2. The van der Waals surface area contributed by atoms with Gasteiger partial charge in [0, 0.05) is 22.2 Å². The van der Waals surface area contributed by atoms with Crippen molar-refractivity contribution in [3.63, 3.8) is 0 Å². The van der Waals surface area contributed by atoms with Gasteiger partial charge < -0.3 is 20.1 Å². The number of aromatic nitrogens is 1. The Morgan fingerprint density at radius 2 is 1.83 bits per heavy atom. The van der Waals surface area contributed by atoms with E-state index in [0.29, 0.717) is 5.56 Å². The van der Waals surface area contributed by atoms with Crippen LogP contribution < -0.4 is 20.1 Å². The second-order valence-corrected chi connectivity index (χ2v) is 10.3. The summed E-state index contributed by atoms with van der Waals surface area (Å²) in [6.45, 7) is 2.28. The maximum absolute atomic E-state index is 13.2. The minimum Gasteiger partial charge on any atom is -0.454 e. The summed E-state index contributed by atoms with van der Waals surface area (Å²) in [5.74, 6) is 2.16. The Morgan fingerprint density at radius 3 is 2.69 bits per heavy atom. The van der Waals surface area contributed by atoms with Gasteiger partial charge in [0.1, 0.15) is 10.8 Å². The molecule has 0 spiro atoms. The number of benzene rings is 2. The Balaban J connectivity index is 1.47. The molecule has 0 saturated heterocycles. The van der Waals surface area contributed by atoms with Crippen molar-refractivity contribution >= 4 is 28.1 Å². The van der Waals surface area contributed by atoms with Crippen molar-refractivity contribution in [1.29, 1.82) is 0 Å². The van der Waals surface area contributed by atoms with Crippen molar-refractivity contribution in [2.45, 2.75) is 38.6 Å². The van der Waals surface area contributed by atoms with Crippen molar-refractivity contribution in [1.82, 2.24) is 4.98 Å². The average molecular weight is 498 g/mol. The summed E-state index contributed by atoms with van der Waals surface area (Å²) in [7, 11) is 0. The van der Waals surface area contributed by atoms with Gasteiger partial charge >= 0.3 is 0 Å². The molecule has 36 heavy (non-hydrogen) atoms. The van der Waals surface area contributed by atoms with Crippen LogP contribution in [0.5, 0.6) is 11.5 Å². The van der Waals surface area contributed by atoms with E-state index in [4.69, 9.17) is 9.47 Å². The number of nitrogens with one attached hydrogen (secondary N) is 2. The van der Waals surface area contributed by atoms with Crippen LogP contribution in [0.25, 0.3) is 0 Å². The first-order chi connectivity index (χ1) is 17.7. The molecule has 2 N–H and O–H groups in total. The number of nitrogens with zero attached hydrogens (tertiary/aromatic N) is 1. The molecule has 0 fully saturated rings. The quantitative estimate of drug-likeness (QED) is 0.318. The molecule has 2 aromatic heterocycles. The number of carbonyl (C=O) groups is 1. The first kappa shape index (κ1) is 22.6. The monoisotopic (exact) mass is 497 g/mol. The lowest BCUT2D eigenvalue weighted by atomic mass is 9.89. The van der Waals surface area contributed by atoms with Gasteiger partial charge in [0.25, 0.3) is 5.91 Å². The normalized spacial score (nSPS) is 14.7. The van der Waals surface area contributed by atoms with Gasteiger partial charge in [-0.15, -0.1) is 11.3 Å². The van der Waals surface area contributed by atoms with Gasteiger partial charge in [0.15, 0.2) is 11.5 Å². The minimum absolute atomic E-state index is 0.103. The molecule has 1 atom stereocenters. The maximum Gasteiger partial charge on any atom is 0.256 e. The molecule has 3 heterocycles. The predicted molar refractivity (Wildman–Crippen MR) is 142 cm³/mol. The van der Waals surface area contributed by atoms with Gasteiger partial charge in [-0.1, -0.05) is 24.3 Å². The number of carbonyl (C=O) groups excluding carboxylic acids is 1. The Hall–Kier alpha value is -3.84. The lowest BCUT2D eigenvalue weighted by molar-refractivity contribution is 0.102. The van der Waals surface area contributed by atoms with Gasteiger partial charge in [-0.2, -0.15) is 0 Å².